The average Bonchev–Trinajstić information content (AvgIpc) is 2.33. The maximum Gasteiger partial charge on any atom is 0.471 e. The molecule has 1 fully saturated rings. The second-order valence-corrected chi connectivity index (χ2v) is 4.03. The highest BCUT2D eigenvalue weighted by molar-refractivity contribution is 6.00. The monoisotopic (exact) mass is 281 g/mol. The molecular weight excluding hydrogens is 267 g/mol. The molecule has 0 aromatic rings. The van der Waals surface area contributed by atoms with Gasteiger partial charge in [-0.25, -0.2) is 0 Å². The van der Waals surface area contributed by atoms with Gasteiger partial charge in [0.05, 0.1) is 0 Å². The van der Waals surface area contributed by atoms with Crippen LogP contribution in [0.3, 0.4) is 0 Å². The minimum atomic E-state index is -4.94. The molecule has 3 amide bonds. The lowest BCUT2D eigenvalue weighted by atomic mass is 9.98. The molecule has 0 saturated carbocycles. The van der Waals surface area contributed by atoms with E-state index in [1.165, 1.54) is 0 Å². The summed E-state index contributed by atoms with van der Waals surface area (Å²) in [5.41, 5.74) is 0. The number of carbonyl (C=O) groups excluding carboxylic acids is 3. The summed E-state index contributed by atoms with van der Waals surface area (Å²) in [4.78, 5) is 33.3. The van der Waals surface area contributed by atoms with Crippen molar-refractivity contribution in [3.63, 3.8) is 0 Å². The average molecular weight is 281 g/mol. The Kier molecular flexibility index (Phi) is 5.13. The van der Waals surface area contributed by atoms with Crippen LogP contribution in [0.5, 0.6) is 0 Å². The van der Waals surface area contributed by atoms with Crippen molar-refractivity contribution in [2.24, 2.45) is 5.92 Å². The molecule has 19 heavy (non-hydrogen) atoms. The van der Waals surface area contributed by atoms with Gasteiger partial charge in [0.2, 0.25) is 11.8 Å². The van der Waals surface area contributed by atoms with Crippen molar-refractivity contribution in [2.75, 3.05) is 19.6 Å². The molecule has 6 nitrogen and oxygen atoms in total. The van der Waals surface area contributed by atoms with Crippen LogP contribution in [0, 0.1) is 5.92 Å². The van der Waals surface area contributed by atoms with Gasteiger partial charge in [0.25, 0.3) is 0 Å². The predicted molar refractivity (Wildman–Crippen MR) is 57.8 cm³/mol. The van der Waals surface area contributed by atoms with Gasteiger partial charge in [0.15, 0.2) is 0 Å². The Morgan fingerprint density at radius 3 is 2.47 bits per heavy atom. The van der Waals surface area contributed by atoms with Gasteiger partial charge in [-0.2, -0.15) is 13.2 Å². The van der Waals surface area contributed by atoms with E-state index >= 15 is 0 Å². The summed E-state index contributed by atoms with van der Waals surface area (Å²) in [6, 6.07) is 0. The van der Waals surface area contributed by atoms with E-state index in [-0.39, 0.29) is 19.0 Å². The molecule has 0 spiro atoms. The Bertz CT molecular complexity index is 371. The molecule has 1 rings (SSSR count). The van der Waals surface area contributed by atoms with Crippen LogP contribution in [0.15, 0.2) is 0 Å². The summed E-state index contributed by atoms with van der Waals surface area (Å²) >= 11 is 0. The minimum absolute atomic E-state index is 0.162. The van der Waals surface area contributed by atoms with Crippen molar-refractivity contribution < 1.29 is 27.6 Å². The lowest BCUT2D eigenvalue weighted by molar-refractivity contribution is -0.173. The first-order valence-electron chi connectivity index (χ1n) is 5.73. The maximum atomic E-state index is 11.8. The number of halogens is 3. The highest BCUT2D eigenvalue weighted by atomic mass is 19.4. The number of alkyl halides is 3. The number of piperidine rings is 1. The highest BCUT2D eigenvalue weighted by Crippen LogP contribution is 2.13. The number of amides is 3. The molecule has 1 aliphatic heterocycles. The zero-order valence-electron chi connectivity index (χ0n) is 9.97. The molecule has 0 radical (unpaired) electrons. The molecule has 1 aliphatic rings. The number of nitrogens with one attached hydrogen (secondary N) is 3. The topological polar surface area (TPSA) is 87.3 Å². The van der Waals surface area contributed by atoms with Gasteiger partial charge in [-0.3, -0.25) is 14.4 Å². The van der Waals surface area contributed by atoms with E-state index in [4.69, 9.17) is 0 Å². The van der Waals surface area contributed by atoms with Crippen molar-refractivity contribution in [3.8, 4) is 0 Å². The lowest BCUT2D eigenvalue weighted by Crippen LogP contribution is -2.47. The standard InChI is InChI=1S/C10H14F3N3O3/c11-10(12,13)9(19)16-5-4-15-8(18)6-2-1-3-14-7(6)17/h6H,1-5H2,(H,14,17)(H,15,18)(H,16,19)/t6-/m1/s1. The quantitative estimate of drug-likeness (QED) is 0.471. The fourth-order valence-electron chi connectivity index (χ4n) is 1.61. The van der Waals surface area contributed by atoms with E-state index in [9.17, 15) is 27.6 Å². The molecular formula is C10H14F3N3O3. The fraction of sp³-hybridized carbons (Fsp3) is 0.700. The Labute approximate surface area is 107 Å². The van der Waals surface area contributed by atoms with Gasteiger partial charge >= 0.3 is 12.1 Å². The molecule has 1 atom stereocenters. The van der Waals surface area contributed by atoms with Crippen molar-refractivity contribution in [1.29, 1.82) is 0 Å². The molecule has 0 aromatic carbocycles. The first-order chi connectivity index (χ1) is 8.82. The molecule has 108 valence electrons. The fourth-order valence-corrected chi connectivity index (χ4v) is 1.61. The number of hydrogen-bond donors (Lipinski definition) is 3. The van der Waals surface area contributed by atoms with Crippen LogP contribution in [-0.4, -0.2) is 43.5 Å². The third-order valence-electron chi connectivity index (χ3n) is 2.57. The minimum Gasteiger partial charge on any atom is -0.355 e. The van der Waals surface area contributed by atoms with Crippen molar-refractivity contribution in [2.45, 2.75) is 19.0 Å². The van der Waals surface area contributed by atoms with E-state index in [2.05, 4.69) is 10.6 Å². The molecule has 0 aromatic heterocycles. The zero-order chi connectivity index (χ0) is 14.5. The highest BCUT2D eigenvalue weighted by Gasteiger charge is 2.38. The van der Waals surface area contributed by atoms with E-state index in [0.29, 0.717) is 19.4 Å². The molecule has 3 N–H and O–H groups in total. The summed E-state index contributed by atoms with van der Waals surface area (Å²) in [7, 11) is 0. The van der Waals surface area contributed by atoms with Crippen LogP contribution in [-0.2, 0) is 14.4 Å². The maximum absolute atomic E-state index is 11.8. The van der Waals surface area contributed by atoms with E-state index in [1.54, 1.807) is 5.32 Å². The van der Waals surface area contributed by atoms with Gasteiger partial charge in [0, 0.05) is 19.6 Å². The first-order valence-corrected chi connectivity index (χ1v) is 5.73. The number of rotatable bonds is 4. The Hall–Kier alpha value is -1.80. The van der Waals surface area contributed by atoms with E-state index in [0.717, 1.165) is 0 Å². The molecule has 9 heteroatoms. The van der Waals surface area contributed by atoms with Crippen LogP contribution < -0.4 is 16.0 Å². The molecule has 1 saturated heterocycles. The molecule has 0 unspecified atom stereocenters. The van der Waals surface area contributed by atoms with Crippen LogP contribution in [0.4, 0.5) is 13.2 Å². The zero-order valence-corrected chi connectivity index (χ0v) is 9.97. The van der Waals surface area contributed by atoms with Crippen LogP contribution >= 0.6 is 0 Å². The van der Waals surface area contributed by atoms with Crippen molar-refractivity contribution in [1.82, 2.24) is 16.0 Å². The van der Waals surface area contributed by atoms with E-state index in [1.807, 2.05) is 0 Å². The first kappa shape index (κ1) is 15.3. The summed E-state index contributed by atoms with van der Waals surface area (Å²) in [6.07, 6.45) is -3.85. The normalized spacial score (nSPS) is 19.5. The van der Waals surface area contributed by atoms with Gasteiger partial charge in [-0.05, 0) is 12.8 Å². The van der Waals surface area contributed by atoms with Crippen molar-refractivity contribution >= 4 is 17.7 Å². The molecule has 0 bridgehead atoms. The summed E-state index contributed by atoms with van der Waals surface area (Å²) in [6.45, 7) is 0.00705. The third kappa shape index (κ3) is 4.76. The van der Waals surface area contributed by atoms with Crippen LogP contribution in [0.1, 0.15) is 12.8 Å². The second-order valence-electron chi connectivity index (χ2n) is 4.03. The smallest absolute Gasteiger partial charge is 0.355 e. The largest absolute Gasteiger partial charge is 0.471 e. The SMILES string of the molecule is O=C1NCCC[C@H]1C(=O)NCCNC(=O)C(F)(F)F. The summed E-state index contributed by atoms with van der Waals surface area (Å²) in [5, 5.41) is 6.44. The van der Waals surface area contributed by atoms with Gasteiger partial charge in [-0.1, -0.05) is 0 Å². The number of hydrogen-bond acceptors (Lipinski definition) is 3. The summed E-state index contributed by atoms with van der Waals surface area (Å²) < 4.78 is 35.5. The Morgan fingerprint density at radius 2 is 1.89 bits per heavy atom. The van der Waals surface area contributed by atoms with Gasteiger partial charge in [0.1, 0.15) is 5.92 Å². The third-order valence-corrected chi connectivity index (χ3v) is 2.57. The van der Waals surface area contributed by atoms with Crippen LogP contribution in [0.25, 0.3) is 0 Å². The molecule has 1 heterocycles. The van der Waals surface area contributed by atoms with E-state index < -0.39 is 23.9 Å². The van der Waals surface area contributed by atoms with Gasteiger partial charge < -0.3 is 16.0 Å². The lowest BCUT2D eigenvalue weighted by Gasteiger charge is -2.21. The van der Waals surface area contributed by atoms with Crippen molar-refractivity contribution in [3.05, 3.63) is 0 Å². The predicted octanol–water partition coefficient (Wildman–Crippen LogP) is -0.693. The second kappa shape index (κ2) is 6.39. The number of carbonyl (C=O) groups is 3. The molecule has 0 aliphatic carbocycles. The van der Waals surface area contributed by atoms with Crippen LogP contribution in [0.2, 0.25) is 0 Å². The Morgan fingerprint density at radius 1 is 1.26 bits per heavy atom. The summed E-state index contributed by atoms with van der Waals surface area (Å²) in [5.74, 6) is -3.80. The Balaban J connectivity index is 2.24. The van der Waals surface area contributed by atoms with Gasteiger partial charge in [-0.15, -0.1) is 0 Å².